The summed E-state index contributed by atoms with van der Waals surface area (Å²) in [5.41, 5.74) is 2.09. The monoisotopic (exact) mass is 387 g/mol. The Labute approximate surface area is 158 Å². The highest BCUT2D eigenvalue weighted by Crippen LogP contribution is 2.28. The molecule has 0 aliphatic heterocycles. The van der Waals surface area contributed by atoms with Crippen molar-refractivity contribution in [3.8, 4) is 0 Å². The predicted octanol–water partition coefficient (Wildman–Crippen LogP) is 4.86. The molecule has 0 unspecified atom stereocenters. The van der Waals surface area contributed by atoms with Gasteiger partial charge in [-0.25, -0.2) is 4.98 Å². The van der Waals surface area contributed by atoms with Crippen molar-refractivity contribution >= 4 is 39.7 Å². The summed E-state index contributed by atoms with van der Waals surface area (Å²) in [6.07, 6.45) is 0.635. The van der Waals surface area contributed by atoms with Crippen LogP contribution in [0.2, 0.25) is 5.02 Å². The van der Waals surface area contributed by atoms with Crippen LogP contribution in [0.15, 0.2) is 48.5 Å². The third kappa shape index (κ3) is 4.07. The molecule has 0 saturated carbocycles. The first kappa shape index (κ1) is 18.0. The molecule has 0 aliphatic carbocycles. The van der Waals surface area contributed by atoms with E-state index in [1.54, 1.807) is 0 Å². The fourth-order valence-electron chi connectivity index (χ4n) is 2.36. The Kier molecular flexibility index (Phi) is 5.29. The first-order valence-electron chi connectivity index (χ1n) is 7.69. The molecule has 3 aromatic rings. The van der Waals surface area contributed by atoms with Gasteiger partial charge in [-0.15, -0.1) is 11.3 Å². The quantitative estimate of drug-likeness (QED) is 0.500. The Morgan fingerprint density at radius 1 is 1.23 bits per heavy atom. The van der Waals surface area contributed by atoms with Crippen molar-refractivity contribution < 1.29 is 9.72 Å². The molecule has 2 aromatic carbocycles. The molecule has 8 heteroatoms. The molecule has 26 heavy (non-hydrogen) atoms. The number of nitrogens with one attached hydrogen (secondary N) is 1. The number of nitro benzene ring substituents is 1. The molecule has 3 rings (SSSR count). The van der Waals surface area contributed by atoms with Gasteiger partial charge in [0.05, 0.1) is 10.6 Å². The topological polar surface area (TPSA) is 85.1 Å². The van der Waals surface area contributed by atoms with E-state index in [2.05, 4.69) is 10.3 Å². The zero-order valence-corrected chi connectivity index (χ0v) is 15.3. The molecule has 0 radical (unpaired) electrons. The van der Waals surface area contributed by atoms with Gasteiger partial charge in [0.1, 0.15) is 0 Å². The normalized spacial score (nSPS) is 10.5. The lowest BCUT2D eigenvalue weighted by Crippen LogP contribution is -2.11. The number of hydrogen-bond donors (Lipinski definition) is 1. The Morgan fingerprint density at radius 3 is 2.58 bits per heavy atom. The number of aromatic nitrogens is 1. The van der Waals surface area contributed by atoms with Crippen molar-refractivity contribution in [2.45, 2.75) is 13.3 Å². The minimum atomic E-state index is -0.507. The van der Waals surface area contributed by atoms with E-state index in [0.29, 0.717) is 22.1 Å². The van der Waals surface area contributed by atoms with Crippen LogP contribution in [0.25, 0.3) is 0 Å². The molecule has 0 saturated heterocycles. The van der Waals surface area contributed by atoms with Gasteiger partial charge in [-0.05, 0) is 30.7 Å². The first-order chi connectivity index (χ1) is 12.4. The average molecular weight is 388 g/mol. The maximum atomic E-state index is 12.3. The number of nitrogens with zero attached hydrogens (tertiary/aromatic N) is 2. The Morgan fingerprint density at radius 2 is 1.92 bits per heavy atom. The number of rotatable bonds is 5. The largest absolute Gasteiger partial charge is 0.298 e. The lowest BCUT2D eigenvalue weighted by molar-refractivity contribution is -0.384. The second-order valence-electron chi connectivity index (χ2n) is 5.55. The number of halogens is 1. The highest BCUT2D eigenvalue weighted by molar-refractivity contribution is 7.15. The van der Waals surface area contributed by atoms with Crippen LogP contribution in [-0.4, -0.2) is 15.8 Å². The smallest absolute Gasteiger partial charge is 0.269 e. The fraction of sp³-hybridized carbons (Fsp3) is 0.111. The van der Waals surface area contributed by atoms with Gasteiger partial charge in [-0.2, -0.15) is 0 Å². The van der Waals surface area contributed by atoms with Crippen LogP contribution >= 0.6 is 22.9 Å². The van der Waals surface area contributed by atoms with Crippen LogP contribution in [0.4, 0.5) is 10.8 Å². The van der Waals surface area contributed by atoms with Crippen molar-refractivity contribution in [1.82, 2.24) is 4.98 Å². The molecule has 0 fully saturated rings. The summed E-state index contributed by atoms with van der Waals surface area (Å²) >= 11 is 7.58. The molecule has 0 bridgehead atoms. The molecule has 1 heterocycles. The van der Waals surface area contributed by atoms with Gasteiger partial charge in [0, 0.05) is 34.0 Å². The number of carbonyl (C=O) groups is 1. The number of benzene rings is 2. The van der Waals surface area contributed by atoms with E-state index >= 15 is 0 Å². The average Bonchev–Trinajstić information content (AvgIpc) is 2.96. The van der Waals surface area contributed by atoms with Gasteiger partial charge < -0.3 is 0 Å². The summed E-state index contributed by atoms with van der Waals surface area (Å²) in [6.45, 7) is 1.88. The van der Waals surface area contributed by atoms with Crippen molar-refractivity contribution in [2.75, 3.05) is 5.32 Å². The van der Waals surface area contributed by atoms with Gasteiger partial charge in [-0.3, -0.25) is 20.2 Å². The third-order valence-corrected chi connectivity index (χ3v) is 5.20. The SMILES string of the molecule is Cc1nc(NC(=O)c2ccc([N+](=O)[O-])cc2)sc1Cc1ccccc1Cl. The van der Waals surface area contributed by atoms with Crippen LogP contribution in [0.1, 0.15) is 26.5 Å². The van der Waals surface area contributed by atoms with Crippen molar-refractivity contribution in [3.63, 3.8) is 0 Å². The predicted molar refractivity (Wildman–Crippen MR) is 102 cm³/mol. The van der Waals surface area contributed by atoms with Crippen LogP contribution in [0.3, 0.4) is 0 Å². The molecule has 0 aliphatic rings. The maximum absolute atomic E-state index is 12.3. The van der Waals surface area contributed by atoms with Gasteiger partial charge in [-0.1, -0.05) is 29.8 Å². The molecule has 1 aromatic heterocycles. The number of anilines is 1. The van der Waals surface area contributed by atoms with E-state index in [1.807, 2.05) is 31.2 Å². The maximum Gasteiger partial charge on any atom is 0.269 e. The van der Waals surface area contributed by atoms with Crippen molar-refractivity contribution in [2.24, 2.45) is 0 Å². The van der Waals surface area contributed by atoms with E-state index in [1.165, 1.54) is 35.6 Å². The van der Waals surface area contributed by atoms with E-state index < -0.39 is 4.92 Å². The van der Waals surface area contributed by atoms with E-state index in [9.17, 15) is 14.9 Å². The highest BCUT2D eigenvalue weighted by atomic mass is 35.5. The second-order valence-corrected chi connectivity index (χ2v) is 7.04. The Bertz CT molecular complexity index is 970. The van der Waals surface area contributed by atoms with Crippen LogP contribution in [0.5, 0.6) is 0 Å². The number of thiazole rings is 1. The first-order valence-corrected chi connectivity index (χ1v) is 8.89. The summed E-state index contributed by atoms with van der Waals surface area (Å²) in [4.78, 5) is 27.9. The summed E-state index contributed by atoms with van der Waals surface area (Å²) in [5.74, 6) is -0.363. The lowest BCUT2D eigenvalue weighted by Gasteiger charge is -2.02. The minimum Gasteiger partial charge on any atom is -0.298 e. The number of amides is 1. The summed E-state index contributed by atoms with van der Waals surface area (Å²) in [6, 6.07) is 13.0. The van der Waals surface area contributed by atoms with Crippen molar-refractivity contribution in [1.29, 1.82) is 0 Å². The number of nitro groups is 1. The Hall–Kier alpha value is -2.77. The van der Waals surface area contributed by atoms with Gasteiger partial charge >= 0.3 is 0 Å². The molecular weight excluding hydrogens is 374 g/mol. The van der Waals surface area contributed by atoms with Gasteiger partial charge in [0.15, 0.2) is 5.13 Å². The molecule has 132 valence electrons. The standard InChI is InChI=1S/C18H14ClN3O3S/c1-11-16(10-13-4-2-3-5-15(13)19)26-18(20-11)21-17(23)12-6-8-14(9-7-12)22(24)25/h2-9H,10H2,1H3,(H,20,21,23). The van der Waals surface area contributed by atoms with Crippen LogP contribution in [0, 0.1) is 17.0 Å². The second kappa shape index (κ2) is 7.63. The highest BCUT2D eigenvalue weighted by Gasteiger charge is 2.14. The van der Waals surface area contributed by atoms with Gasteiger partial charge in [0.2, 0.25) is 0 Å². The fourth-order valence-corrected chi connectivity index (χ4v) is 3.55. The Balaban J connectivity index is 1.73. The molecule has 1 amide bonds. The van der Waals surface area contributed by atoms with E-state index in [-0.39, 0.29) is 11.6 Å². The number of non-ortho nitro benzene ring substituents is 1. The third-order valence-electron chi connectivity index (χ3n) is 3.76. The van der Waals surface area contributed by atoms with Gasteiger partial charge in [0.25, 0.3) is 11.6 Å². The minimum absolute atomic E-state index is 0.0614. The summed E-state index contributed by atoms with van der Waals surface area (Å²) in [5, 5.41) is 14.6. The number of carbonyl (C=O) groups excluding carboxylic acids is 1. The summed E-state index contributed by atoms with van der Waals surface area (Å²) in [7, 11) is 0. The van der Waals surface area contributed by atoms with Crippen LogP contribution in [-0.2, 0) is 6.42 Å². The van der Waals surface area contributed by atoms with E-state index in [4.69, 9.17) is 11.6 Å². The van der Waals surface area contributed by atoms with Crippen LogP contribution < -0.4 is 5.32 Å². The lowest BCUT2D eigenvalue weighted by atomic mass is 10.1. The summed E-state index contributed by atoms with van der Waals surface area (Å²) < 4.78 is 0. The molecule has 0 spiro atoms. The number of hydrogen-bond acceptors (Lipinski definition) is 5. The molecule has 0 atom stereocenters. The molecular formula is C18H14ClN3O3S. The zero-order chi connectivity index (χ0) is 18.7. The number of aryl methyl sites for hydroxylation is 1. The van der Waals surface area contributed by atoms with Crippen molar-refractivity contribution in [3.05, 3.63) is 85.4 Å². The molecule has 1 N–H and O–H groups in total. The zero-order valence-electron chi connectivity index (χ0n) is 13.7. The molecule has 6 nitrogen and oxygen atoms in total. The van der Waals surface area contributed by atoms with E-state index in [0.717, 1.165) is 16.1 Å².